The van der Waals surface area contributed by atoms with Gasteiger partial charge >= 0.3 is 5.97 Å². The predicted molar refractivity (Wildman–Crippen MR) is 83.4 cm³/mol. The van der Waals surface area contributed by atoms with Crippen molar-refractivity contribution in [1.29, 1.82) is 0 Å². The standard InChI is InChI=1S/C17H18N2O4/c20-16(21)9-12-7-3-4-8-13(12)18-17(22)15-10-14(19-23-15)11-5-1-2-6-11/h3-4,7-8,10-11H,1-2,5-6,9H2,(H,18,22)(H,20,21). The number of hydrogen-bond donors (Lipinski definition) is 2. The molecule has 1 heterocycles. The molecule has 1 fully saturated rings. The van der Waals surface area contributed by atoms with Crippen molar-refractivity contribution >= 4 is 17.6 Å². The second-order valence-electron chi connectivity index (χ2n) is 5.78. The average Bonchev–Trinajstić information content (AvgIpc) is 3.19. The van der Waals surface area contributed by atoms with Crippen LogP contribution in [0.1, 0.15) is 53.4 Å². The van der Waals surface area contributed by atoms with Gasteiger partial charge in [0, 0.05) is 17.7 Å². The molecule has 0 bridgehead atoms. The fourth-order valence-electron chi connectivity index (χ4n) is 2.95. The third-order valence-electron chi connectivity index (χ3n) is 4.13. The average molecular weight is 314 g/mol. The van der Waals surface area contributed by atoms with Gasteiger partial charge in [0.1, 0.15) is 0 Å². The van der Waals surface area contributed by atoms with Gasteiger partial charge in [-0.2, -0.15) is 0 Å². The second-order valence-corrected chi connectivity index (χ2v) is 5.78. The lowest BCUT2D eigenvalue weighted by molar-refractivity contribution is -0.136. The zero-order chi connectivity index (χ0) is 16.2. The normalized spacial score (nSPS) is 14.8. The van der Waals surface area contributed by atoms with Crippen LogP contribution >= 0.6 is 0 Å². The minimum atomic E-state index is -0.949. The molecule has 6 heteroatoms. The van der Waals surface area contributed by atoms with Crippen LogP contribution in [0.25, 0.3) is 0 Å². The Hall–Kier alpha value is -2.63. The summed E-state index contributed by atoms with van der Waals surface area (Å²) in [5, 5.41) is 15.6. The van der Waals surface area contributed by atoms with Crippen molar-refractivity contribution in [1.82, 2.24) is 5.16 Å². The van der Waals surface area contributed by atoms with Crippen LogP contribution in [-0.4, -0.2) is 22.1 Å². The number of carbonyl (C=O) groups is 2. The Balaban J connectivity index is 1.73. The van der Waals surface area contributed by atoms with Gasteiger partial charge in [-0.25, -0.2) is 0 Å². The smallest absolute Gasteiger partial charge is 0.307 e. The number of benzene rings is 1. The van der Waals surface area contributed by atoms with E-state index in [1.54, 1.807) is 30.3 Å². The number of carboxylic acid groups (broad SMARTS) is 1. The molecule has 0 radical (unpaired) electrons. The molecule has 0 saturated heterocycles. The zero-order valence-corrected chi connectivity index (χ0v) is 12.6. The predicted octanol–water partition coefficient (Wildman–Crippen LogP) is 3.21. The number of carbonyl (C=O) groups excluding carboxylic acids is 1. The van der Waals surface area contributed by atoms with E-state index < -0.39 is 11.9 Å². The maximum atomic E-state index is 12.3. The number of nitrogens with zero attached hydrogens (tertiary/aromatic N) is 1. The topological polar surface area (TPSA) is 92.4 Å². The van der Waals surface area contributed by atoms with Gasteiger partial charge in [0.25, 0.3) is 5.91 Å². The monoisotopic (exact) mass is 314 g/mol. The molecule has 0 spiro atoms. The number of nitrogens with one attached hydrogen (secondary N) is 1. The molecule has 3 rings (SSSR count). The first-order chi connectivity index (χ1) is 11.1. The lowest BCUT2D eigenvalue weighted by atomic mass is 10.0. The number of hydrogen-bond acceptors (Lipinski definition) is 4. The molecule has 23 heavy (non-hydrogen) atoms. The van der Waals surface area contributed by atoms with E-state index in [-0.39, 0.29) is 12.2 Å². The first-order valence-corrected chi connectivity index (χ1v) is 7.71. The van der Waals surface area contributed by atoms with Crippen LogP contribution in [0.2, 0.25) is 0 Å². The minimum absolute atomic E-state index is 0.150. The van der Waals surface area contributed by atoms with Gasteiger partial charge in [-0.1, -0.05) is 36.2 Å². The molecule has 6 nitrogen and oxygen atoms in total. The Bertz CT molecular complexity index is 717. The second kappa shape index (κ2) is 6.64. The molecule has 1 aromatic heterocycles. The summed E-state index contributed by atoms with van der Waals surface area (Å²) in [5.74, 6) is -0.842. The van der Waals surface area contributed by atoms with Crippen LogP contribution in [0.15, 0.2) is 34.9 Å². The molecule has 1 amide bonds. The molecule has 120 valence electrons. The first kappa shape index (κ1) is 15.3. The SMILES string of the molecule is O=C(O)Cc1ccccc1NC(=O)c1cc(C2CCCC2)no1. The number of para-hydroxylation sites is 1. The lowest BCUT2D eigenvalue weighted by Gasteiger charge is -2.08. The van der Waals surface area contributed by atoms with E-state index in [2.05, 4.69) is 10.5 Å². The van der Waals surface area contributed by atoms with Crippen molar-refractivity contribution < 1.29 is 19.2 Å². The highest BCUT2D eigenvalue weighted by Gasteiger charge is 2.23. The van der Waals surface area contributed by atoms with Crippen LogP contribution in [0.4, 0.5) is 5.69 Å². The third kappa shape index (κ3) is 3.59. The lowest BCUT2D eigenvalue weighted by Crippen LogP contribution is -2.13. The van der Waals surface area contributed by atoms with Crippen LogP contribution in [0.5, 0.6) is 0 Å². The number of amides is 1. The molecule has 2 N–H and O–H groups in total. The third-order valence-corrected chi connectivity index (χ3v) is 4.13. The van der Waals surface area contributed by atoms with Crippen molar-refractivity contribution in [2.45, 2.75) is 38.0 Å². The summed E-state index contributed by atoms with van der Waals surface area (Å²) in [6.45, 7) is 0. The summed E-state index contributed by atoms with van der Waals surface area (Å²) in [4.78, 5) is 23.2. The van der Waals surface area contributed by atoms with Crippen molar-refractivity contribution in [3.05, 3.63) is 47.3 Å². The Morgan fingerprint density at radius 2 is 2.00 bits per heavy atom. The number of aromatic nitrogens is 1. The summed E-state index contributed by atoms with van der Waals surface area (Å²) >= 11 is 0. The highest BCUT2D eigenvalue weighted by Crippen LogP contribution is 2.33. The van der Waals surface area contributed by atoms with E-state index in [0.717, 1.165) is 18.5 Å². The number of carboxylic acids is 1. The quantitative estimate of drug-likeness (QED) is 0.884. The molecule has 1 aliphatic rings. The Morgan fingerprint density at radius 3 is 2.74 bits per heavy atom. The molecule has 2 aromatic rings. The van der Waals surface area contributed by atoms with E-state index in [0.29, 0.717) is 17.2 Å². The van der Waals surface area contributed by atoms with E-state index >= 15 is 0 Å². The Morgan fingerprint density at radius 1 is 1.26 bits per heavy atom. The largest absolute Gasteiger partial charge is 0.481 e. The van der Waals surface area contributed by atoms with Gasteiger partial charge in [-0.3, -0.25) is 9.59 Å². The summed E-state index contributed by atoms with van der Waals surface area (Å²) in [5.41, 5.74) is 1.84. The zero-order valence-electron chi connectivity index (χ0n) is 12.6. The highest BCUT2D eigenvalue weighted by atomic mass is 16.5. The van der Waals surface area contributed by atoms with E-state index in [1.165, 1.54) is 12.8 Å². The van der Waals surface area contributed by atoms with Gasteiger partial charge in [-0.15, -0.1) is 0 Å². The summed E-state index contributed by atoms with van der Waals surface area (Å²) in [7, 11) is 0. The molecule has 1 aliphatic carbocycles. The van der Waals surface area contributed by atoms with Gasteiger partial charge < -0.3 is 14.9 Å². The molecular weight excluding hydrogens is 296 g/mol. The highest BCUT2D eigenvalue weighted by molar-refractivity contribution is 6.02. The van der Waals surface area contributed by atoms with E-state index in [9.17, 15) is 9.59 Å². The number of rotatable bonds is 5. The summed E-state index contributed by atoms with van der Waals surface area (Å²) in [6.07, 6.45) is 4.37. The van der Waals surface area contributed by atoms with E-state index in [1.807, 2.05) is 0 Å². The molecule has 0 atom stereocenters. The Labute approximate surface area is 133 Å². The van der Waals surface area contributed by atoms with Gasteiger partial charge in [0.05, 0.1) is 12.1 Å². The number of anilines is 1. The molecule has 0 aliphatic heterocycles. The van der Waals surface area contributed by atoms with E-state index in [4.69, 9.17) is 9.63 Å². The van der Waals surface area contributed by atoms with Gasteiger partial charge in [0.15, 0.2) is 0 Å². The summed E-state index contributed by atoms with van der Waals surface area (Å²) in [6, 6.07) is 8.51. The Kier molecular flexibility index (Phi) is 4.41. The van der Waals surface area contributed by atoms with Gasteiger partial charge in [-0.05, 0) is 24.5 Å². The molecule has 1 saturated carbocycles. The maximum absolute atomic E-state index is 12.3. The first-order valence-electron chi connectivity index (χ1n) is 7.71. The molecular formula is C17H18N2O4. The number of aliphatic carboxylic acids is 1. The molecule has 0 unspecified atom stereocenters. The van der Waals surface area contributed by atoms with Gasteiger partial charge in [0.2, 0.25) is 5.76 Å². The fourth-order valence-corrected chi connectivity index (χ4v) is 2.95. The van der Waals surface area contributed by atoms with Crippen LogP contribution in [0, 0.1) is 0 Å². The minimum Gasteiger partial charge on any atom is -0.481 e. The van der Waals surface area contributed by atoms with Crippen LogP contribution in [-0.2, 0) is 11.2 Å². The van der Waals surface area contributed by atoms with Crippen molar-refractivity contribution in [3.8, 4) is 0 Å². The van der Waals surface area contributed by atoms with Crippen molar-refractivity contribution in [2.75, 3.05) is 5.32 Å². The van der Waals surface area contributed by atoms with Crippen LogP contribution < -0.4 is 5.32 Å². The van der Waals surface area contributed by atoms with Crippen molar-refractivity contribution in [3.63, 3.8) is 0 Å². The van der Waals surface area contributed by atoms with Crippen molar-refractivity contribution in [2.24, 2.45) is 0 Å². The summed E-state index contributed by atoms with van der Waals surface area (Å²) < 4.78 is 5.15. The van der Waals surface area contributed by atoms with Crippen LogP contribution in [0.3, 0.4) is 0 Å². The maximum Gasteiger partial charge on any atom is 0.307 e. The molecule has 1 aromatic carbocycles. The fraction of sp³-hybridized carbons (Fsp3) is 0.353.